The number of rotatable bonds is 7. The number of nitrogens with one attached hydrogen (secondary N) is 1. The van der Waals surface area contributed by atoms with Crippen LogP contribution in [0.2, 0.25) is 5.28 Å². The van der Waals surface area contributed by atoms with E-state index >= 15 is 0 Å². The largest absolute Gasteiger partial charge is 0.332 e. The average Bonchev–Trinajstić information content (AvgIpc) is 2.66. The van der Waals surface area contributed by atoms with Crippen molar-refractivity contribution in [3.05, 3.63) is 30.3 Å². The van der Waals surface area contributed by atoms with Crippen LogP contribution in [0.25, 0.3) is 6.08 Å². The van der Waals surface area contributed by atoms with Gasteiger partial charge in [0.15, 0.2) is 5.82 Å². The molecule has 3 nitrogen and oxygen atoms in total. The molecular formula is C12H18ClN3. The molecule has 88 valence electrons. The number of anilines is 1. The van der Waals surface area contributed by atoms with E-state index in [1.54, 1.807) is 12.3 Å². The van der Waals surface area contributed by atoms with Crippen molar-refractivity contribution in [2.24, 2.45) is 0 Å². The van der Waals surface area contributed by atoms with E-state index in [0.29, 0.717) is 5.28 Å². The van der Waals surface area contributed by atoms with Crippen LogP contribution in [0.5, 0.6) is 0 Å². The van der Waals surface area contributed by atoms with Crippen LogP contribution in [-0.2, 0) is 0 Å². The monoisotopic (exact) mass is 239 g/mol. The van der Waals surface area contributed by atoms with Crippen LogP contribution in [0, 0.1) is 0 Å². The van der Waals surface area contributed by atoms with Gasteiger partial charge in [-0.3, -0.25) is 0 Å². The first kappa shape index (κ1) is 12.8. The predicted molar refractivity (Wildman–Crippen MR) is 70.8 cm³/mol. The third-order valence-corrected chi connectivity index (χ3v) is 2.56. The first-order chi connectivity index (χ1) is 7.72. The van der Waals surface area contributed by atoms with Gasteiger partial charge in [0, 0.05) is 6.54 Å². The smallest absolute Gasteiger partial charge is 0.202 e. The third-order valence-electron chi connectivity index (χ3n) is 2.38. The van der Waals surface area contributed by atoms with Gasteiger partial charge in [0.25, 0.3) is 0 Å². The molecule has 0 saturated heterocycles. The molecule has 1 N–H and O–H groups in total. The summed E-state index contributed by atoms with van der Waals surface area (Å²) in [5.41, 5.74) is 0.835. The Hall–Kier alpha value is -1.22. The molecular weight excluding hydrogens is 222 g/mol. The normalized spacial score (nSPS) is 10.1. The van der Waals surface area contributed by atoms with Crippen molar-refractivity contribution in [3.63, 3.8) is 0 Å². The van der Waals surface area contributed by atoms with Gasteiger partial charge in [-0.25, -0.2) is 0 Å². The summed E-state index contributed by atoms with van der Waals surface area (Å²) >= 11 is 5.83. The molecule has 1 rings (SSSR count). The van der Waals surface area contributed by atoms with Crippen molar-refractivity contribution < 1.29 is 0 Å². The maximum Gasteiger partial charge on any atom is 0.202 e. The Balaban J connectivity index is 2.77. The first-order valence-corrected chi connectivity index (χ1v) is 5.87. The van der Waals surface area contributed by atoms with E-state index in [0.717, 1.165) is 24.5 Å². The minimum atomic E-state index is 0.382. The van der Waals surface area contributed by atoms with E-state index in [1.165, 1.54) is 12.8 Å². The number of imidazole rings is 1. The number of nitrogens with zero attached hydrogens (tertiary/aromatic N) is 2. The van der Waals surface area contributed by atoms with Gasteiger partial charge in [0.05, 0.1) is 5.69 Å². The van der Waals surface area contributed by atoms with E-state index in [4.69, 9.17) is 11.6 Å². The van der Waals surface area contributed by atoms with Gasteiger partial charge in [-0.05, 0) is 30.3 Å². The summed E-state index contributed by atoms with van der Waals surface area (Å²) in [4.78, 5) is 9.17. The van der Waals surface area contributed by atoms with E-state index in [1.807, 2.05) is 4.90 Å². The molecule has 4 heteroatoms. The van der Waals surface area contributed by atoms with Gasteiger partial charge in [0.1, 0.15) is 0 Å². The molecule has 0 saturated carbocycles. The Labute approximate surface area is 102 Å². The zero-order valence-corrected chi connectivity index (χ0v) is 10.4. The topological polar surface area (TPSA) is 31.9 Å². The Kier molecular flexibility index (Phi) is 5.12. The highest BCUT2D eigenvalue weighted by atomic mass is 35.5. The number of hydrogen-bond donors (Lipinski definition) is 1. The number of aromatic amines is 1. The highest BCUT2D eigenvalue weighted by Gasteiger charge is 2.11. The molecule has 0 atom stereocenters. The third kappa shape index (κ3) is 3.14. The minimum absolute atomic E-state index is 0.382. The molecule has 0 radical (unpaired) electrons. The van der Waals surface area contributed by atoms with Crippen LogP contribution in [-0.4, -0.2) is 16.5 Å². The van der Waals surface area contributed by atoms with E-state index in [2.05, 4.69) is 30.0 Å². The summed E-state index contributed by atoms with van der Waals surface area (Å²) in [6, 6.07) is 0. The maximum absolute atomic E-state index is 5.83. The maximum atomic E-state index is 5.83. The number of unbranched alkanes of at least 4 members (excludes halogenated alkanes) is 2. The highest BCUT2D eigenvalue weighted by molar-refractivity contribution is 6.28. The van der Waals surface area contributed by atoms with Crippen LogP contribution in [0.15, 0.2) is 19.4 Å². The van der Waals surface area contributed by atoms with Gasteiger partial charge >= 0.3 is 0 Å². The first-order valence-electron chi connectivity index (χ1n) is 5.50. The average molecular weight is 240 g/mol. The fourth-order valence-corrected chi connectivity index (χ4v) is 1.71. The van der Waals surface area contributed by atoms with E-state index in [9.17, 15) is 0 Å². The SMILES string of the molecule is C=Cc1[nH]c(Cl)nc1N(C=C)CCCCC. The molecule has 0 aromatic carbocycles. The summed E-state index contributed by atoms with van der Waals surface area (Å²) in [6.07, 6.45) is 7.00. The number of halogens is 1. The fourth-order valence-electron chi connectivity index (χ4n) is 1.53. The van der Waals surface area contributed by atoms with Crippen molar-refractivity contribution in [2.75, 3.05) is 11.4 Å². The number of aromatic nitrogens is 2. The van der Waals surface area contributed by atoms with Crippen molar-refractivity contribution >= 4 is 23.5 Å². The summed E-state index contributed by atoms with van der Waals surface area (Å²) < 4.78 is 0. The lowest BCUT2D eigenvalue weighted by Crippen LogP contribution is -2.18. The Morgan fingerprint density at radius 2 is 2.19 bits per heavy atom. The van der Waals surface area contributed by atoms with E-state index < -0.39 is 0 Å². The molecule has 0 aliphatic heterocycles. The highest BCUT2D eigenvalue weighted by Crippen LogP contribution is 2.22. The molecule has 0 amide bonds. The van der Waals surface area contributed by atoms with Gasteiger partial charge in [-0.1, -0.05) is 32.9 Å². The molecule has 0 unspecified atom stereocenters. The summed E-state index contributed by atoms with van der Waals surface area (Å²) in [5, 5.41) is 0.382. The standard InChI is InChI=1S/C12H18ClN3/c1-4-7-8-9-16(6-3)11-10(5-2)14-12(13)15-11/h5-6H,2-4,7-9H2,1H3,(H,14,15). The number of H-pyrrole nitrogens is 1. The zero-order valence-electron chi connectivity index (χ0n) is 9.67. The molecule has 1 aromatic rings. The fraction of sp³-hybridized carbons (Fsp3) is 0.417. The van der Waals surface area contributed by atoms with Crippen molar-refractivity contribution in [1.29, 1.82) is 0 Å². The lowest BCUT2D eigenvalue weighted by atomic mass is 10.2. The second kappa shape index (κ2) is 6.38. The molecule has 0 fully saturated rings. The quantitative estimate of drug-likeness (QED) is 0.733. The Morgan fingerprint density at radius 3 is 2.75 bits per heavy atom. The van der Waals surface area contributed by atoms with Gasteiger partial charge in [-0.15, -0.1) is 0 Å². The van der Waals surface area contributed by atoms with Gasteiger partial charge in [0.2, 0.25) is 5.28 Å². The Morgan fingerprint density at radius 1 is 1.44 bits per heavy atom. The number of hydrogen-bond acceptors (Lipinski definition) is 2. The molecule has 0 bridgehead atoms. The van der Waals surface area contributed by atoms with Gasteiger partial charge in [-0.2, -0.15) is 4.98 Å². The van der Waals surface area contributed by atoms with Crippen LogP contribution >= 0.6 is 11.6 Å². The molecule has 16 heavy (non-hydrogen) atoms. The predicted octanol–water partition coefficient (Wildman–Crippen LogP) is 3.85. The van der Waals surface area contributed by atoms with E-state index in [-0.39, 0.29) is 0 Å². The van der Waals surface area contributed by atoms with Gasteiger partial charge < -0.3 is 9.88 Å². The summed E-state index contributed by atoms with van der Waals surface area (Å²) in [7, 11) is 0. The molecule has 1 heterocycles. The second-order valence-corrected chi connectivity index (χ2v) is 3.91. The zero-order chi connectivity index (χ0) is 12.0. The van der Waals surface area contributed by atoms with Crippen LogP contribution in [0.3, 0.4) is 0 Å². The van der Waals surface area contributed by atoms with Crippen molar-refractivity contribution in [1.82, 2.24) is 9.97 Å². The van der Waals surface area contributed by atoms with Crippen molar-refractivity contribution in [2.45, 2.75) is 26.2 Å². The molecule has 1 aromatic heterocycles. The van der Waals surface area contributed by atoms with Crippen LogP contribution < -0.4 is 4.90 Å². The second-order valence-electron chi connectivity index (χ2n) is 3.55. The summed E-state index contributed by atoms with van der Waals surface area (Å²) in [5.74, 6) is 0.797. The van der Waals surface area contributed by atoms with Crippen LogP contribution in [0.4, 0.5) is 5.82 Å². The Bertz CT molecular complexity index is 357. The summed E-state index contributed by atoms with van der Waals surface area (Å²) in [6.45, 7) is 10.6. The lowest BCUT2D eigenvalue weighted by molar-refractivity contribution is 0.712. The minimum Gasteiger partial charge on any atom is -0.332 e. The van der Waals surface area contributed by atoms with Crippen LogP contribution in [0.1, 0.15) is 31.9 Å². The molecule has 0 aliphatic rings. The van der Waals surface area contributed by atoms with Crippen molar-refractivity contribution in [3.8, 4) is 0 Å². The lowest BCUT2D eigenvalue weighted by Gasteiger charge is -2.17. The molecule has 0 spiro atoms. The molecule has 0 aliphatic carbocycles.